The second kappa shape index (κ2) is 9.93. The SMILES string of the molecule is CCN(CC(=O)Nc1ccccc1OC)c1cnn(Cc2ccccc2)c(=O)c1Cl. The van der Waals surface area contributed by atoms with E-state index < -0.39 is 5.56 Å². The maximum Gasteiger partial charge on any atom is 0.287 e. The molecular formula is C22H23ClN4O3. The molecule has 0 saturated heterocycles. The number of aromatic nitrogens is 2. The van der Waals surface area contributed by atoms with E-state index in [1.165, 1.54) is 10.9 Å². The van der Waals surface area contributed by atoms with E-state index >= 15 is 0 Å². The Balaban J connectivity index is 1.76. The van der Waals surface area contributed by atoms with E-state index in [4.69, 9.17) is 16.3 Å². The Hall–Kier alpha value is -3.32. The molecule has 0 aliphatic heterocycles. The zero-order valence-corrected chi connectivity index (χ0v) is 17.6. The summed E-state index contributed by atoms with van der Waals surface area (Å²) in [5, 5.41) is 7.10. The van der Waals surface area contributed by atoms with Crippen molar-refractivity contribution in [2.75, 3.05) is 30.4 Å². The van der Waals surface area contributed by atoms with E-state index in [-0.39, 0.29) is 17.5 Å². The highest BCUT2D eigenvalue weighted by Gasteiger charge is 2.18. The number of anilines is 2. The van der Waals surface area contributed by atoms with Crippen molar-refractivity contribution in [2.24, 2.45) is 0 Å². The number of halogens is 1. The number of methoxy groups -OCH3 is 1. The van der Waals surface area contributed by atoms with Crippen molar-refractivity contribution in [2.45, 2.75) is 13.5 Å². The molecule has 0 unspecified atom stereocenters. The molecule has 0 bridgehead atoms. The zero-order chi connectivity index (χ0) is 21.5. The van der Waals surface area contributed by atoms with Crippen molar-refractivity contribution < 1.29 is 9.53 Å². The summed E-state index contributed by atoms with van der Waals surface area (Å²) in [6.07, 6.45) is 1.52. The van der Waals surface area contributed by atoms with Gasteiger partial charge in [0.05, 0.1) is 37.8 Å². The molecule has 156 valence electrons. The molecule has 0 radical (unpaired) electrons. The zero-order valence-electron chi connectivity index (χ0n) is 16.8. The van der Waals surface area contributed by atoms with Crippen LogP contribution in [0.2, 0.25) is 5.02 Å². The number of benzene rings is 2. The average molecular weight is 427 g/mol. The smallest absolute Gasteiger partial charge is 0.287 e. The first-order valence-electron chi connectivity index (χ1n) is 9.50. The maximum absolute atomic E-state index is 12.7. The third kappa shape index (κ3) is 4.99. The lowest BCUT2D eigenvalue weighted by Crippen LogP contribution is -2.35. The molecule has 0 aliphatic carbocycles. The largest absolute Gasteiger partial charge is 0.495 e. The minimum Gasteiger partial charge on any atom is -0.495 e. The van der Waals surface area contributed by atoms with Gasteiger partial charge in [-0.25, -0.2) is 4.68 Å². The molecule has 2 aromatic carbocycles. The minimum absolute atomic E-state index is 0.0120. The number of nitrogens with one attached hydrogen (secondary N) is 1. The summed E-state index contributed by atoms with van der Waals surface area (Å²) in [5.41, 5.74) is 1.54. The van der Waals surface area contributed by atoms with Gasteiger partial charge in [-0.05, 0) is 24.6 Å². The second-order valence-corrected chi connectivity index (χ2v) is 6.93. The number of rotatable bonds is 8. The summed E-state index contributed by atoms with van der Waals surface area (Å²) >= 11 is 6.36. The first-order valence-corrected chi connectivity index (χ1v) is 9.88. The molecule has 3 aromatic rings. The number of ether oxygens (including phenoxy) is 1. The predicted octanol–water partition coefficient (Wildman–Crippen LogP) is 3.42. The molecule has 1 aromatic heterocycles. The van der Waals surface area contributed by atoms with Crippen LogP contribution in [-0.2, 0) is 11.3 Å². The predicted molar refractivity (Wildman–Crippen MR) is 119 cm³/mol. The minimum atomic E-state index is -0.401. The lowest BCUT2D eigenvalue weighted by atomic mass is 10.2. The summed E-state index contributed by atoms with van der Waals surface area (Å²) in [7, 11) is 1.54. The fourth-order valence-electron chi connectivity index (χ4n) is 3.02. The van der Waals surface area contributed by atoms with Gasteiger partial charge in [0.25, 0.3) is 5.56 Å². The van der Waals surface area contributed by atoms with Gasteiger partial charge in [-0.1, -0.05) is 54.1 Å². The highest BCUT2D eigenvalue weighted by atomic mass is 35.5. The summed E-state index contributed by atoms with van der Waals surface area (Å²) in [4.78, 5) is 27.0. The van der Waals surface area contributed by atoms with Crippen LogP contribution in [0.5, 0.6) is 5.75 Å². The van der Waals surface area contributed by atoms with Crippen molar-refractivity contribution in [3.63, 3.8) is 0 Å². The van der Waals surface area contributed by atoms with Gasteiger partial charge in [0.15, 0.2) is 0 Å². The topological polar surface area (TPSA) is 76.5 Å². The van der Waals surface area contributed by atoms with Gasteiger partial charge in [-0.2, -0.15) is 5.10 Å². The molecule has 3 rings (SSSR count). The van der Waals surface area contributed by atoms with Crippen LogP contribution in [0.15, 0.2) is 65.6 Å². The molecular weight excluding hydrogens is 404 g/mol. The Morgan fingerprint density at radius 1 is 1.17 bits per heavy atom. The van der Waals surface area contributed by atoms with Gasteiger partial charge in [0, 0.05) is 6.54 Å². The third-order valence-corrected chi connectivity index (χ3v) is 4.93. The van der Waals surface area contributed by atoms with E-state index in [1.54, 1.807) is 24.1 Å². The molecule has 1 amide bonds. The number of para-hydroxylation sites is 2. The molecule has 1 heterocycles. The van der Waals surface area contributed by atoms with Gasteiger partial charge in [0.1, 0.15) is 10.8 Å². The Kier molecular flexibility index (Phi) is 7.08. The maximum atomic E-state index is 12.7. The molecule has 0 aliphatic rings. The van der Waals surface area contributed by atoms with Crippen molar-refractivity contribution in [3.8, 4) is 5.75 Å². The van der Waals surface area contributed by atoms with Gasteiger partial charge < -0.3 is 15.0 Å². The van der Waals surface area contributed by atoms with E-state index in [1.807, 2.05) is 49.4 Å². The fraction of sp³-hybridized carbons (Fsp3) is 0.227. The number of hydrogen-bond acceptors (Lipinski definition) is 5. The molecule has 8 heteroatoms. The van der Waals surface area contributed by atoms with Gasteiger partial charge >= 0.3 is 0 Å². The number of hydrogen-bond donors (Lipinski definition) is 1. The first-order chi connectivity index (χ1) is 14.5. The number of carbonyl (C=O) groups is 1. The normalized spacial score (nSPS) is 10.5. The first kappa shape index (κ1) is 21.4. The van der Waals surface area contributed by atoms with Crippen LogP contribution in [-0.4, -0.2) is 35.9 Å². The molecule has 0 spiro atoms. The fourth-order valence-corrected chi connectivity index (χ4v) is 3.29. The lowest BCUT2D eigenvalue weighted by Gasteiger charge is -2.23. The summed E-state index contributed by atoms with van der Waals surface area (Å²) in [5.74, 6) is 0.308. The number of carbonyl (C=O) groups excluding carboxylic acids is 1. The Bertz CT molecular complexity index is 1070. The number of nitrogens with zero attached hydrogens (tertiary/aromatic N) is 3. The third-order valence-electron chi connectivity index (χ3n) is 4.58. The van der Waals surface area contributed by atoms with Crippen LogP contribution in [0, 0.1) is 0 Å². The molecule has 0 atom stereocenters. The Labute approximate surface area is 179 Å². The quantitative estimate of drug-likeness (QED) is 0.597. The highest BCUT2D eigenvalue weighted by molar-refractivity contribution is 6.33. The molecule has 30 heavy (non-hydrogen) atoms. The summed E-state index contributed by atoms with van der Waals surface area (Å²) in [6.45, 7) is 2.68. The van der Waals surface area contributed by atoms with E-state index in [0.717, 1.165) is 5.56 Å². The number of likely N-dealkylation sites (N-methyl/N-ethyl adjacent to an activating group) is 1. The Morgan fingerprint density at radius 2 is 1.87 bits per heavy atom. The summed E-state index contributed by atoms with van der Waals surface area (Å²) in [6, 6.07) is 16.7. The van der Waals surface area contributed by atoms with Crippen LogP contribution in [0.25, 0.3) is 0 Å². The van der Waals surface area contributed by atoms with Gasteiger partial charge in [-0.3, -0.25) is 9.59 Å². The van der Waals surface area contributed by atoms with Gasteiger partial charge in [-0.15, -0.1) is 0 Å². The van der Waals surface area contributed by atoms with E-state index in [0.29, 0.717) is 30.2 Å². The van der Waals surface area contributed by atoms with E-state index in [9.17, 15) is 9.59 Å². The lowest BCUT2D eigenvalue weighted by molar-refractivity contribution is -0.115. The highest BCUT2D eigenvalue weighted by Crippen LogP contribution is 2.24. The van der Waals surface area contributed by atoms with Gasteiger partial charge in [0.2, 0.25) is 5.91 Å². The van der Waals surface area contributed by atoms with Crippen LogP contribution in [0.3, 0.4) is 0 Å². The molecule has 0 fully saturated rings. The molecule has 0 saturated carbocycles. The second-order valence-electron chi connectivity index (χ2n) is 6.55. The van der Waals surface area contributed by atoms with Crippen molar-refractivity contribution in [3.05, 3.63) is 81.7 Å². The van der Waals surface area contributed by atoms with E-state index in [2.05, 4.69) is 10.4 Å². The monoisotopic (exact) mass is 426 g/mol. The summed E-state index contributed by atoms with van der Waals surface area (Å²) < 4.78 is 6.56. The molecule has 1 N–H and O–H groups in total. The Morgan fingerprint density at radius 3 is 2.57 bits per heavy atom. The molecule has 7 nitrogen and oxygen atoms in total. The number of amides is 1. The average Bonchev–Trinajstić information content (AvgIpc) is 2.77. The van der Waals surface area contributed by atoms with Crippen molar-refractivity contribution >= 4 is 28.9 Å². The van der Waals surface area contributed by atoms with Crippen molar-refractivity contribution in [1.29, 1.82) is 0 Å². The van der Waals surface area contributed by atoms with Crippen LogP contribution in [0.1, 0.15) is 12.5 Å². The van der Waals surface area contributed by atoms with Crippen LogP contribution < -0.4 is 20.5 Å². The van der Waals surface area contributed by atoms with Crippen LogP contribution in [0.4, 0.5) is 11.4 Å². The van der Waals surface area contributed by atoms with Crippen molar-refractivity contribution in [1.82, 2.24) is 9.78 Å². The standard InChI is InChI=1S/C22H23ClN4O3/c1-3-26(15-20(28)25-17-11-7-8-12-19(17)30-2)18-13-24-27(22(29)21(18)23)14-16-9-5-4-6-10-16/h4-13H,3,14-15H2,1-2H3,(H,25,28). The van der Waals surface area contributed by atoms with Crippen LogP contribution >= 0.6 is 11.6 Å².